The molecule has 3 aromatic rings. The Kier molecular flexibility index (Phi) is 4.14. The fourth-order valence-electron chi connectivity index (χ4n) is 3.03. The Labute approximate surface area is 153 Å². The Morgan fingerprint density at radius 1 is 0.958 bits per heavy atom. The number of aromatic nitrogens is 1. The fraction of sp³-hybridized carbons (Fsp3) is 0.150. The van der Waals surface area contributed by atoms with Crippen molar-refractivity contribution < 1.29 is 28.9 Å². The molecule has 0 atom stereocenters. The Balaban J connectivity index is 0.00000169. The van der Waals surface area contributed by atoms with E-state index in [1.807, 2.05) is 19.9 Å². The van der Waals surface area contributed by atoms with E-state index in [0.717, 1.165) is 11.1 Å². The maximum absolute atomic E-state index is 14.7. The van der Waals surface area contributed by atoms with Gasteiger partial charge in [-0.3, -0.25) is 0 Å². The SMILES string of the molecule is Cc1cnc(-c2[c-]cc3c(c2)C(F)(F)c2ccccc2-3)cc1C.[Ir]. The molecule has 2 aromatic carbocycles. The smallest absolute Gasteiger partial charge is 0.282 e. The van der Waals surface area contributed by atoms with E-state index in [1.54, 1.807) is 30.5 Å². The number of hydrogen-bond acceptors (Lipinski definition) is 1. The maximum atomic E-state index is 14.7. The molecule has 0 unspecified atom stereocenters. The van der Waals surface area contributed by atoms with E-state index >= 15 is 0 Å². The Hall–Kier alpha value is -1.90. The summed E-state index contributed by atoms with van der Waals surface area (Å²) in [5, 5.41) is 0. The molecule has 1 radical (unpaired) electrons. The second kappa shape index (κ2) is 5.87. The summed E-state index contributed by atoms with van der Waals surface area (Å²) in [4.78, 5) is 4.36. The third kappa shape index (κ3) is 2.42. The average Bonchev–Trinajstić information content (AvgIpc) is 2.78. The number of pyridine rings is 1. The summed E-state index contributed by atoms with van der Waals surface area (Å²) in [5.41, 5.74) is 4.66. The van der Waals surface area contributed by atoms with E-state index in [1.165, 1.54) is 12.1 Å². The van der Waals surface area contributed by atoms with Gasteiger partial charge < -0.3 is 4.98 Å². The third-order valence-corrected chi connectivity index (χ3v) is 4.49. The molecule has 24 heavy (non-hydrogen) atoms. The molecule has 1 aliphatic carbocycles. The molecule has 1 aromatic heterocycles. The number of rotatable bonds is 1. The summed E-state index contributed by atoms with van der Waals surface area (Å²) in [7, 11) is 0. The molecule has 0 bridgehead atoms. The van der Waals surface area contributed by atoms with Gasteiger partial charge in [-0.2, -0.15) is 8.78 Å². The van der Waals surface area contributed by atoms with E-state index in [2.05, 4.69) is 11.1 Å². The second-order valence-electron chi connectivity index (χ2n) is 5.95. The molecular formula is C20H14F2IrN-. The van der Waals surface area contributed by atoms with Crippen LogP contribution in [0.1, 0.15) is 22.3 Å². The van der Waals surface area contributed by atoms with Gasteiger partial charge in [0.25, 0.3) is 5.92 Å². The molecule has 0 aliphatic heterocycles. The van der Waals surface area contributed by atoms with E-state index in [9.17, 15) is 8.78 Å². The van der Waals surface area contributed by atoms with Crippen LogP contribution in [0, 0.1) is 19.9 Å². The standard InChI is InChI=1S/C20H14F2N.Ir/c1-12-9-19(23-11-13(12)2)14-7-8-16-15-5-3-4-6-17(15)20(21,22)18(16)10-14;/h3-6,8-11H,1-2H3;/q-1;. The van der Waals surface area contributed by atoms with Crippen molar-refractivity contribution in [2.24, 2.45) is 0 Å². The van der Waals surface area contributed by atoms with Crippen LogP contribution in [0.25, 0.3) is 22.4 Å². The zero-order valence-corrected chi connectivity index (χ0v) is 15.6. The van der Waals surface area contributed by atoms with E-state index in [4.69, 9.17) is 0 Å². The average molecular weight is 499 g/mol. The summed E-state index contributed by atoms with van der Waals surface area (Å²) in [5.74, 6) is -2.98. The summed E-state index contributed by atoms with van der Waals surface area (Å²) in [6, 6.07) is 14.8. The molecule has 0 spiro atoms. The molecule has 0 fully saturated rings. The van der Waals surface area contributed by atoms with Crippen LogP contribution in [-0.2, 0) is 26.0 Å². The van der Waals surface area contributed by atoms with Crippen LogP contribution in [-0.4, -0.2) is 4.98 Å². The van der Waals surface area contributed by atoms with Crippen LogP contribution in [0.3, 0.4) is 0 Å². The zero-order valence-electron chi connectivity index (χ0n) is 13.2. The minimum absolute atomic E-state index is 0. The van der Waals surface area contributed by atoms with Crippen LogP contribution in [0.5, 0.6) is 0 Å². The van der Waals surface area contributed by atoms with Gasteiger partial charge in [-0.1, -0.05) is 47.0 Å². The van der Waals surface area contributed by atoms with Crippen LogP contribution in [0.15, 0.2) is 48.7 Å². The van der Waals surface area contributed by atoms with Crippen molar-refractivity contribution in [3.8, 4) is 22.4 Å². The molecule has 0 saturated heterocycles. The first-order valence-corrected chi connectivity index (χ1v) is 7.46. The maximum Gasteiger partial charge on any atom is 0.282 e. The van der Waals surface area contributed by atoms with Gasteiger partial charge in [0.15, 0.2) is 0 Å². The Morgan fingerprint density at radius 2 is 1.71 bits per heavy atom. The van der Waals surface area contributed by atoms with Crippen LogP contribution < -0.4 is 0 Å². The molecule has 1 aliphatic rings. The van der Waals surface area contributed by atoms with Gasteiger partial charge in [0.1, 0.15) is 0 Å². The van der Waals surface area contributed by atoms with E-state index in [-0.39, 0.29) is 31.2 Å². The number of benzene rings is 2. The molecule has 4 rings (SSSR count). The Bertz CT molecular complexity index is 935. The van der Waals surface area contributed by atoms with E-state index < -0.39 is 5.92 Å². The summed E-state index contributed by atoms with van der Waals surface area (Å²) >= 11 is 0. The zero-order chi connectivity index (χ0) is 16.2. The second-order valence-corrected chi connectivity index (χ2v) is 5.95. The first kappa shape index (κ1) is 16.9. The minimum Gasteiger partial charge on any atom is -0.304 e. The first-order chi connectivity index (χ1) is 11.0. The largest absolute Gasteiger partial charge is 0.304 e. The predicted octanol–water partition coefficient (Wildman–Crippen LogP) is 5.28. The van der Waals surface area contributed by atoms with Crippen molar-refractivity contribution >= 4 is 0 Å². The predicted molar refractivity (Wildman–Crippen MR) is 86.4 cm³/mol. The van der Waals surface area contributed by atoms with Crippen molar-refractivity contribution in [1.29, 1.82) is 0 Å². The molecule has 1 heterocycles. The van der Waals surface area contributed by atoms with Crippen molar-refractivity contribution in [1.82, 2.24) is 4.98 Å². The number of nitrogens with zero attached hydrogens (tertiary/aromatic N) is 1. The van der Waals surface area contributed by atoms with Gasteiger partial charge >= 0.3 is 0 Å². The van der Waals surface area contributed by atoms with Gasteiger partial charge in [0, 0.05) is 31.9 Å². The quantitative estimate of drug-likeness (QED) is 0.416. The molecule has 0 saturated carbocycles. The number of aryl methyl sites for hydroxylation is 2. The summed E-state index contributed by atoms with van der Waals surface area (Å²) in [6.07, 6.45) is 1.76. The van der Waals surface area contributed by atoms with Crippen molar-refractivity contribution in [3.63, 3.8) is 0 Å². The molecule has 123 valence electrons. The van der Waals surface area contributed by atoms with Gasteiger partial charge in [0.05, 0.1) is 0 Å². The summed E-state index contributed by atoms with van der Waals surface area (Å²) in [6.45, 7) is 3.96. The fourth-order valence-corrected chi connectivity index (χ4v) is 3.03. The van der Waals surface area contributed by atoms with Gasteiger partial charge in [0.2, 0.25) is 0 Å². The number of hydrogen-bond donors (Lipinski definition) is 0. The normalized spacial score (nSPS) is 13.8. The van der Waals surface area contributed by atoms with E-state index in [0.29, 0.717) is 22.4 Å². The van der Waals surface area contributed by atoms with Crippen LogP contribution in [0.4, 0.5) is 8.78 Å². The van der Waals surface area contributed by atoms with Crippen LogP contribution in [0.2, 0.25) is 0 Å². The molecule has 4 heteroatoms. The number of fused-ring (bicyclic) bond motifs is 3. The molecule has 1 nitrogen and oxygen atoms in total. The van der Waals surface area contributed by atoms with Crippen LogP contribution >= 0.6 is 0 Å². The molecular weight excluding hydrogens is 484 g/mol. The Morgan fingerprint density at radius 3 is 2.46 bits per heavy atom. The summed E-state index contributed by atoms with van der Waals surface area (Å²) < 4.78 is 29.5. The molecule has 0 N–H and O–H groups in total. The third-order valence-electron chi connectivity index (χ3n) is 4.49. The minimum atomic E-state index is -2.98. The topological polar surface area (TPSA) is 12.9 Å². The number of alkyl halides is 2. The van der Waals surface area contributed by atoms with Gasteiger partial charge in [-0.15, -0.1) is 23.8 Å². The van der Waals surface area contributed by atoms with Gasteiger partial charge in [-0.25, -0.2) is 0 Å². The number of halogens is 2. The monoisotopic (exact) mass is 499 g/mol. The van der Waals surface area contributed by atoms with Gasteiger partial charge in [-0.05, 0) is 30.7 Å². The van der Waals surface area contributed by atoms with Crippen molar-refractivity contribution in [3.05, 3.63) is 77.0 Å². The van der Waals surface area contributed by atoms with Crippen molar-refractivity contribution in [2.45, 2.75) is 19.8 Å². The molecule has 0 amide bonds. The first-order valence-electron chi connectivity index (χ1n) is 7.46. The van der Waals surface area contributed by atoms with Crippen molar-refractivity contribution in [2.75, 3.05) is 0 Å².